The molecule has 0 bridgehead atoms. The van der Waals surface area contributed by atoms with Crippen molar-refractivity contribution in [2.24, 2.45) is 5.92 Å². The molecule has 1 aliphatic rings. The van der Waals surface area contributed by atoms with Gasteiger partial charge < -0.3 is 9.47 Å². The molecule has 2 aromatic carbocycles. The van der Waals surface area contributed by atoms with Crippen molar-refractivity contribution in [3.63, 3.8) is 0 Å². The SMILES string of the molecule is CCCCc1ccc(C(=O)Oc2cccc(OC(=O)CCC3CCCC3)c2)cc1. The summed E-state index contributed by atoms with van der Waals surface area (Å²) in [6.07, 6.45) is 9.60. The van der Waals surface area contributed by atoms with Crippen LogP contribution in [-0.4, -0.2) is 11.9 Å². The Kier molecular flexibility index (Phi) is 7.85. The lowest BCUT2D eigenvalue weighted by Crippen LogP contribution is -2.11. The molecule has 2 aromatic rings. The molecular formula is C25H30O4. The number of rotatable bonds is 9. The van der Waals surface area contributed by atoms with Gasteiger partial charge >= 0.3 is 11.9 Å². The summed E-state index contributed by atoms with van der Waals surface area (Å²) in [6.45, 7) is 2.16. The van der Waals surface area contributed by atoms with Gasteiger partial charge in [-0.2, -0.15) is 0 Å². The maximum atomic E-state index is 12.4. The van der Waals surface area contributed by atoms with Crippen molar-refractivity contribution in [3.05, 3.63) is 59.7 Å². The van der Waals surface area contributed by atoms with E-state index in [1.54, 1.807) is 36.4 Å². The van der Waals surface area contributed by atoms with Gasteiger partial charge in [0.15, 0.2) is 0 Å². The van der Waals surface area contributed by atoms with E-state index in [4.69, 9.17) is 9.47 Å². The Morgan fingerprint density at radius 3 is 2.34 bits per heavy atom. The molecule has 0 atom stereocenters. The molecule has 0 unspecified atom stereocenters. The van der Waals surface area contributed by atoms with Crippen LogP contribution in [0.3, 0.4) is 0 Å². The van der Waals surface area contributed by atoms with Crippen LogP contribution >= 0.6 is 0 Å². The molecule has 1 aliphatic carbocycles. The van der Waals surface area contributed by atoms with Gasteiger partial charge in [0.1, 0.15) is 11.5 Å². The van der Waals surface area contributed by atoms with E-state index >= 15 is 0 Å². The van der Waals surface area contributed by atoms with Crippen molar-refractivity contribution >= 4 is 11.9 Å². The number of carbonyl (C=O) groups is 2. The maximum Gasteiger partial charge on any atom is 0.343 e. The third-order valence-electron chi connectivity index (χ3n) is 5.49. The molecular weight excluding hydrogens is 364 g/mol. The van der Waals surface area contributed by atoms with Crippen LogP contribution in [0.2, 0.25) is 0 Å². The zero-order valence-electron chi connectivity index (χ0n) is 17.2. The molecule has 0 N–H and O–H groups in total. The second-order valence-electron chi connectivity index (χ2n) is 7.83. The molecule has 0 radical (unpaired) electrons. The Morgan fingerprint density at radius 2 is 1.66 bits per heavy atom. The lowest BCUT2D eigenvalue weighted by molar-refractivity contribution is -0.134. The van der Waals surface area contributed by atoms with E-state index in [9.17, 15) is 9.59 Å². The van der Waals surface area contributed by atoms with Crippen molar-refractivity contribution in [1.29, 1.82) is 0 Å². The molecule has 1 fully saturated rings. The number of carbonyl (C=O) groups excluding carboxylic acids is 2. The lowest BCUT2D eigenvalue weighted by Gasteiger charge is -2.10. The molecule has 0 aromatic heterocycles. The fourth-order valence-electron chi connectivity index (χ4n) is 3.76. The molecule has 4 nitrogen and oxygen atoms in total. The van der Waals surface area contributed by atoms with Gasteiger partial charge in [0, 0.05) is 12.5 Å². The van der Waals surface area contributed by atoms with Crippen LogP contribution in [-0.2, 0) is 11.2 Å². The van der Waals surface area contributed by atoms with Gasteiger partial charge in [0.25, 0.3) is 0 Å². The predicted octanol–water partition coefficient (Wildman–Crippen LogP) is 6.12. The summed E-state index contributed by atoms with van der Waals surface area (Å²) in [4.78, 5) is 24.5. The van der Waals surface area contributed by atoms with Gasteiger partial charge in [-0.1, -0.05) is 57.2 Å². The summed E-state index contributed by atoms with van der Waals surface area (Å²) in [5.74, 6) is 0.774. The molecule has 4 heteroatoms. The molecule has 0 aliphatic heterocycles. The first-order valence-corrected chi connectivity index (χ1v) is 10.8. The molecule has 0 amide bonds. The normalized spacial score (nSPS) is 14.0. The third-order valence-corrected chi connectivity index (χ3v) is 5.49. The Bertz CT molecular complexity index is 804. The minimum absolute atomic E-state index is 0.233. The first-order chi connectivity index (χ1) is 14.1. The summed E-state index contributed by atoms with van der Waals surface area (Å²) in [5, 5.41) is 0. The Hall–Kier alpha value is -2.62. The maximum absolute atomic E-state index is 12.4. The van der Waals surface area contributed by atoms with E-state index in [1.807, 2.05) is 12.1 Å². The summed E-state index contributed by atoms with van der Waals surface area (Å²) >= 11 is 0. The standard InChI is InChI=1S/C25H30O4/c1-2-3-7-20-12-15-21(16-13-20)25(27)29-23-11-6-10-22(18-23)28-24(26)17-14-19-8-4-5-9-19/h6,10-13,15-16,18-19H,2-5,7-9,14,17H2,1H3. The minimum Gasteiger partial charge on any atom is -0.426 e. The average molecular weight is 395 g/mol. The zero-order valence-corrected chi connectivity index (χ0v) is 17.2. The van der Waals surface area contributed by atoms with E-state index in [1.165, 1.54) is 31.2 Å². The van der Waals surface area contributed by atoms with Crippen LogP contribution in [0.15, 0.2) is 48.5 Å². The smallest absolute Gasteiger partial charge is 0.343 e. The molecule has 1 saturated carbocycles. The van der Waals surface area contributed by atoms with E-state index < -0.39 is 5.97 Å². The second-order valence-corrected chi connectivity index (χ2v) is 7.83. The largest absolute Gasteiger partial charge is 0.426 e. The zero-order chi connectivity index (χ0) is 20.5. The summed E-state index contributed by atoms with van der Waals surface area (Å²) in [5.41, 5.74) is 1.72. The molecule has 154 valence electrons. The third kappa shape index (κ3) is 6.74. The highest BCUT2D eigenvalue weighted by Gasteiger charge is 2.17. The minimum atomic E-state index is -0.420. The number of unbranched alkanes of at least 4 members (excludes halogenated alkanes) is 1. The number of benzene rings is 2. The Labute approximate surface area is 173 Å². The number of ether oxygens (including phenoxy) is 2. The topological polar surface area (TPSA) is 52.6 Å². The van der Waals surface area contributed by atoms with E-state index in [0.717, 1.165) is 25.7 Å². The van der Waals surface area contributed by atoms with Gasteiger partial charge in [-0.15, -0.1) is 0 Å². The van der Waals surface area contributed by atoms with Crippen LogP contribution in [0.1, 0.15) is 74.2 Å². The summed E-state index contributed by atoms with van der Waals surface area (Å²) in [6, 6.07) is 14.2. The highest BCUT2D eigenvalue weighted by atomic mass is 16.5. The van der Waals surface area contributed by atoms with E-state index in [-0.39, 0.29) is 5.97 Å². The summed E-state index contributed by atoms with van der Waals surface area (Å²) in [7, 11) is 0. The van der Waals surface area contributed by atoms with Crippen LogP contribution < -0.4 is 9.47 Å². The fraction of sp³-hybridized carbons (Fsp3) is 0.440. The Balaban J connectivity index is 1.51. The highest BCUT2D eigenvalue weighted by Crippen LogP contribution is 2.29. The van der Waals surface area contributed by atoms with Crippen LogP contribution in [0, 0.1) is 5.92 Å². The van der Waals surface area contributed by atoms with Crippen LogP contribution in [0.5, 0.6) is 11.5 Å². The quantitative estimate of drug-likeness (QED) is 0.379. The van der Waals surface area contributed by atoms with Crippen molar-refractivity contribution < 1.29 is 19.1 Å². The number of esters is 2. The lowest BCUT2D eigenvalue weighted by atomic mass is 10.0. The molecule has 0 spiro atoms. The predicted molar refractivity (Wildman–Crippen MR) is 113 cm³/mol. The van der Waals surface area contributed by atoms with E-state index in [2.05, 4.69) is 6.92 Å². The number of aryl methyl sites for hydroxylation is 1. The van der Waals surface area contributed by atoms with Crippen LogP contribution in [0.25, 0.3) is 0 Å². The van der Waals surface area contributed by atoms with Gasteiger partial charge in [-0.3, -0.25) is 4.79 Å². The van der Waals surface area contributed by atoms with Crippen molar-refractivity contribution in [3.8, 4) is 11.5 Å². The molecule has 0 saturated heterocycles. The van der Waals surface area contributed by atoms with Crippen LogP contribution in [0.4, 0.5) is 0 Å². The second kappa shape index (κ2) is 10.8. The first kappa shape index (κ1) is 21.1. The van der Waals surface area contributed by atoms with Crippen molar-refractivity contribution in [2.75, 3.05) is 0 Å². The number of hydrogen-bond acceptors (Lipinski definition) is 4. The van der Waals surface area contributed by atoms with Gasteiger partial charge in [0.05, 0.1) is 5.56 Å². The number of hydrogen-bond donors (Lipinski definition) is 0. The van der Waals surface area contributed by atoms with Gasteiger partial charge in [-0.25, -0.2) is 4.79 Å². The van der Waals surface area contributed by atoms with Gasteiger partial charge in [-0.05, 0) is 55.0 Å². The first-order valence-electron chi connectivity index (χ1n) is 10.8. The average Bonchev–Trinajstić information content (AvgIpc) is 3.25. The van der Waals surface area contributed by atoms with Gasteiger partial charge in [0.2, 0.25) is 0 Å². The van der Waals surface area contributed by atoms with Crippen molar-refractivity contribution in [2.45, 2.75) is 64.7 Å². The van der Waals surface area contributed by atoms with Crippen molar-refractivity contribution in [1.82, 2.24) is 0 Å². The molecule has 3 rings (SSSR count). The fourth-order valence-corrected chi connectivity index (χ4v) is 3.76. The molecule has 0 heterocycles. The monoisotopic (exact) mass is 394 g/mol. The summed E-state index contributed by atoms with van der Waals surface area (Å²) < 4.78 is 10.9. The highest BCUT2D eigenvalue weighted by molar-refractivity contribution is 5.91. The molecule has 29 heavy (non-hydrogen) atoms. The van der Waals surface area contributed by atoms with E-state index in [0.29, 0.717) is 29.4 Å². The Morgan fingerprint density at radius 1 is 0.966 bits per heavy atom.